The first-order valence-corrected chi connectivity index (χ1v) is 5.74. The molecule has 4 atom stereocenters. The van der Waals surface area contributed by atoms with E-state index in [1.807, 2.05) is 0 Å². The first-order valence-electron chi connectivity index (χ1n) is 5.31. The number of hydroxylamine groups is 2. The number of esters is 1. The Labute approximate surface area is 94.1 Å². The van der Waals surface area contributed by atoms with Gasteiger partial charge in [0.25, 0.3) is 0 Å². The zero-order valence-electron chi connectivity index (χ0n) is 8.69. The lowest BCUT2D eigenvalue weighted by atomic mass is 9.79. The SMILES string of the molecule is COC(=O)[C@H]1CC[C@H]2C[C@H](Cl)C[C@@H]1N2[O]. The second kappa shape index (κ2) is 4.28. The predicted molar refractivity (Wildman–Crippen MR) is 53.7 cm³/mol. The Balaban J connectivity index is 2.13. The Morgan fingerprint density at radius 3 is 2.80 bits per heavy atom. The Kier molecular flexibility index (Phi) is 3.19. The third-order valence-electron chi connectivity index (χ3n) is 3.49. The summed E-state index contributed by atoms with van der Waals surface area (Å²) in [6, 6.07) is -0.264. The Morgan fingerprint density at radius 1 is 1.40 bits per heavy atom. The molecule has 0 saturated carbocycles. The number of ether oxygens (including phenoxy) is 1. The minimum atomic E-state index is -0.287. The fraction of sp³-hybridized carbons (Fsp3) is 0.900. The van der Waals surface area contributed by atoms with Crippen molar-refractivity contribution in [1.29, 1.82) is 0 Å². The number of rotatable bonds is 1. The van der Waals surface area contributed by atoms with E-state index in [0.29, 0.717) is 6.42 Å². The number of fused-ring (bicyclic) bond motifs is 2. The highest BCUT2D eigenvalue weighted by molar-refractivity contribution is 6.20. The number of nitrogens with zero attached hydrogens (tertiary/aromatic N) is 1. The normalized spacial score (nSPS) is 41.3. The summed E-state index contributed by atoms with van der Waals surface area (Å²) in [6.45, 7) is 0. The molecule has 0 unspecified atom stereocenters. The molecule has 2 fully saturated rings. The largest absolute Gasteiger partial charge is 0.469 e. The van der Waals surface area contributed by atoms with Crippen LogP contribution in [-0.4, -0.2) is 35.6 Å². The van der Waals surface area contributed by atoms with Crippen molar-refractivity contribution in [2.24, 2.45) is 5.92 Å². The average Bonchev–Trinajstić information content (AvgIpc) is 2.20. The Hall–Kier alpha value is -0.320. The maximum absolute atomic E-state index is 11.8. The van der Waals surface area contributed by atoms with Crippen LogP contribution in [0.5, 0.6) is 0 Å². The quantitative estimate of drug-likeness (QED) is 0.507. The topological polar surface area (TPSA) is 49.4 Å². The predicted octanol–water partition coefficient (Wildman–Crippen LogP) is 1.36. The summed E-state index contributed by atoms with van der Waals surface area (Å²) in [7, 11) is 1.37. The van der Waals surface area contributed by atoms with Gasteiger partial charge in [-0.25, -0.2) is 0 Å². The van der Waals surface area contributed by atoms with Gasteiger partial charge in [-0.2, -0.15) is 0 Å². The van der Waals surface area contributed by atoms with Gasteiger partial charge in [-0.15, -0.1) is 21.9 Å². The molecule has 0 aromatic carbocycles. The van der Waals surface area contributed by atoms with Gasteiger partial charge in [0, 0.05) is 11.4 Å². The van der Waals surface area contributed by atoms with Crippen LogP contribution in [0.4, 0.5) is 0 Å². The molecule has 15 heavy (non-hydrogen) atoms. The Bertz CT molecular complexity index is 261. The maximum Gasteiger partial charge on any atom is 0.310 e. The standard InChI is InChI=1S/C10H15ClNO3/c1-15-10(13)8-3-2-7-4-6(11)5-9(8)12(7)14/h6-9H,2-5H2,1H3/t6-,7-,8-,9-/m0/s1. The number of hydrogen-bond donors (Lipinski definition) is 0. The molecule has 2 bridgehead atoms. The van der Waals surface area contributed by atoms with Crippen LogP contribution in [0.3, 0.4) is 0 Å². The maximum atomic E-state index is 11.8. The van der Waals surface area contributed by atoms with Crippen LogP contribution in [-0.2, 0) is 14.7 Å². The molecule has 0 amide bonds. The minimum Gasteiger partial charge on any atom is -0.469 e. The van der Waals surface area contributed by atoms with Crippen molar-refractivity contribution in [3.63, 3.8) is 0 Å². The first kappa shape index (κ1) is 11.2. The van der Waals surface area contributed by atoms with Crippen LogP contribution in [0.25, 0.3) is 0 Å². The Morgan fingerprint density at radius 2 is 2.13 bits per heavy atom. The molecule has 2 rings (SSSR count). The van der Waals surface area contributed by atoms with Crippen molar-refractivity contribution >= 4 is 17.6 Å². The number of alkyl halides is 1. The van der Waals surface area contributed by atoms with E-state index >= 15 is 0 Å². The number of carbonyl (C=O) groups excluding carboxylic acids is 1. The lowest BCUT2D eigenvalue weighted by Gasteiger charge is -2.45. The van der Waals surface area contributed by atoms with Crippen LogP contribution in [0.15, 0.2) is 0 Å². The zero-order chi connectivity index (χ0) is 11.0. The number of carbonyl (C=O) groups is 1. The molecule has 5 heteroatoms. The summed E-state index contributed by atoms with van der Waals surface area (Å²) >= 11 is 6.08. The van der Waals surface area contributed by atoms with Crippen molar-refractivity contribution in [2.45, 2.75) is 43.1 Å². The van der Waals surface area contributed by atoms with Crippen molar-refractivity contribution in [3.05, 3.63) is 0 Å². The van der Waals surface area contributed by atoms with Crippen molar-refractivity contribution < 1.29 is 14.7 Å². The number of methoxy groups -OCH3 is 1. The molecule has 85 valence electrons. The highest BCUT2D eigenvalue weighted by Gasteiger charge is 2.46. The molecule has 4 nitrogen and oxygen atoms in total. The van der Waals surface area contributed by atoms with Crippen molar-refractivity contribution in [1.82, 2.24) is 5.06 Å². The van der Waals surface area contributed by atoms with Crippen LogP contribution in [0.2, 0.25) is 0 Å². The molecule has 0 aromatic heterocycles. The molecule has 0 aromatic rings. The summed E-state index contributed by atoms with van der Waals surface area (Å²) in [5.74, 6) is -0.560. The van der Waals surface area contributed by atoms with Crippen LogP contribution < -0.4 is 0 Å². The monoisotopic (exact) mass is 232 g/mol. The van der Waals surface area contributed by atoms with Gasteiger partial charge in [-0.1, -0.05) is 0 Å². The zero-order valence-corrected chi connectivity index (χ0v) is 9.44. The summed E-state index contributed by atoms with van der Waals surface area (Å²) in [5.41, 5.74) is 0. The highest BCUT2D eigenvalue weighted by atomic mass is 35.5. The molecule has 2 aliphatic rings. The van der Waals surface area contributed by atoms with Crippen LogP contribution in [0, 0.1) is 5.92 Å². The molecule has 0 aliphatic carbocycles. The third-order valence-corrected chi connectivity index (χ3v) is 3.85. The summed E-state index contributed by atoms with van der Waals surface area (Å²) in [6.07, 6.45) is 2.85. The second-order valence-electron chi connectivity index (χ2n) is 4.36. The molecule has 1 radical (unpaired) electrons. The van der Waals surface area contributed by atoms with Crippen LogP contribution >= 0.6 is 11.6 Å². The average molecular weight is 233 g/mol. The van der Waals surface area contributed by atoms with Gasteiger partial charge in [0.2, 0.25) is 0 Å². The van der Waals surface area contributed by atoms with Gasteiger partial charge in [0.05, 0.1) is 19.1 Å². The van der Waals surface area contributed by atoms with E-state index in [1.54, 1.807) is 0 Å². The van der Waals surface area contributed by atoms with Crippen molar-refractivity contribution in [3.8, 4) is 0 Å². The smallest absolute Gasteiger partial charge is 0.310 e. The van der Waals surface area contributed by atoms with E-state index in [-0.39, 0.29) is 29.3 Å². The van der Waals surface area contributed by atoms with E-state index in [4.69, 9.17) is 16.3 Å². The fourth-order valence-electron chi connectivity index (χ4n) is 2.71. The highest BCUT2D eigenvalue weighted by Crippen LogP contribution is 2.38. The van der Waals surface area contributed by atoms with Gasteiger partial charge in [-0.05, 0) is 25.7 Å². The number of piperidine rings is 2. The van der Waals surface area contributed by atoms with Gasteiger partial charge in [0.15, 0.2) is 0 Å². The molecule has 2 heterocycles. The lowest BCUT2D eigenvalue weighted by molar-refractivity contribution is -0.256. The molecule has 0 N–H and O–H groups in total. The van der Waals surface area contributed by atoms with E-state index in [1.165, 1.54) is 7.11 Å². The number of hydrogen-bond acceptors (Lipinski definition) is 3. The molecule has 2 aliphatic heterocycles. The fourth-order valence-corrected chi connectivity index (χ4v) is 3.10. The van der Waals surface area contributed by atoms with E-state index < -0.39 is 0 Å². The van der Waals surface area contributed by atoms with E-state index in [9.17, 15) is 10.0 Å². The minimum absolute atomic E-state index is 0.00663. The van der Waals surface area contributed by atoms with Gasteiger partial charge in [0.1, 0.15) is 0 Å². The molecular weight excluding hydrogens is 218 g/mol. The van der Waals surface area contributed by atoms with Gasteiger partial charge >= 0.3 is 5.97 Å². The molecular formula is C10H15ClNO3. The van der Waals surface area contributed by atoms with Gasteiger partial charge in [-0.3, -0.25) is 4.79 Å². The second-order valence-corrected chi connectivity index (χ2v) is 4.97. The van der Waals surface area contributed by atoms with Crippen molar-refractivity contribution in [2.75, 3.05) is 7.11 Å². The summed E-state index contributed by atoms with van der Waals surface area (Å²) < 4.78 is 4.72. The van der Waals surface area contributed by atoms with Crippen LogP contribution in [0.1, 0.15) is 25.7 Å². The first-order chi connectivity index (χ1) is 7.13. The number of halogens is 1. The molecule has 2 saturated heterocycles. The lowest BCUT2D eigenvalue weighted by Crippen LogP contribution is -2.55. The van der Waals surface area contributed by atoms with E-state index in [0.717, 1.165) is 24.3 Å². The summed E-state index contributed by atoms with van der Waals surface area (Å²) in [5, 5.41) is 12.9. The molecule has 0 spiro atoms. The van der Waals surface area contributed by atoms with Gasteiger partial charge < -0.3 is 4.74 Å². The third kappa shape index (κ3) is 1.98. The van der Waals surface area contributed by atoms with E-state index in [2.05, 4.69) is 0 Å². The summed E-state index contributed by atoms with van der Waals surface area (Å²) in [4.78, 5) is 11.5.